The molecule has 0 bridgehead atoms. The molecule has 0 aromatic heterocycles. The average Bonchev–Trinajstić information content (AvgIpc) is 1.85. The number of rotatable bonds is 2. The van der Waals surface area contributed by atoms with Gasteiger partial charge in [-0.15, -0.1) is 0 Å². The normalized spacial score (nSPS) is 17.8. The lowest BCUT2D eigenvalue weighted by atomic mass is 10.2. The van der Waals surface area contributed by atoms with E-state index in [1.54, 1.807) is 12.5 Å². The van der Waals surface area contributed by atoms with Crippen LogP contribution in [-0.4, -0.2) is 9.79 Å². The number of phosphoric acid groups is 1. The molecule has 2 N–H and O–H groups in total. The van der Waals surface area contributed by atoms with E-state index in [4.69, 9.17) is 9.79 Å². The molecule has 0 saturated carbocycles. The summed E-state index contributed by atoms with van der Waals surface area (Å²) in [7, 11) is -4.37. The van der Waals surface area contributed by atoms with Gasteiger partial charge in [-0.05, 0) is 12.5 Å². The maximum atomic E-state index is 10.3. The van der Waals surface area contributed by atoms with Gasteiger partial charge < -0.3 is 4.52 Å². The molecule has 0 amide bonds. The zero-order chi connectivity index (χ0) is 8.32. The van der Waals surface area contributed by atoms with Crippen molar-refractivity contribution < 1.29 is 18.9 Å². The van der Waals surface area contributed by atoms with Gasteiger partial charge in [-0.1, -0.05) is 12.2 Å². The van der Waals surface area contributed by atoms with Crippen LogP contribution in [0.15, 0.2) is 24.0 Å². The van der Waals surface area contributed by atoms with Crippen molar-refractivity contribution in [3.8, 4) is 0 Å². The minimum absolute atomic E-state index is 0.223. The minimum Gasteiger partial charge on any atom is -0.408 e. The fourth-order valence-electron chi connectivity index (χ4n) is 0.699. The van der Waals surface area contributed by atoms with Crippen LogP contribution in [0.1, 0.15) is 6.42 Å². The second-order valence-electron chi connectivity index (χ2n) is 2.02. The SMILES string of the molecule is O=P(O)(O)OC1=CC=CC[CH]1. The molecule has 0 aromatic rings. The molecule has 0 unspecified atom stereocenters. The summed E-state index contributed by atoms with van der Waals surface area (Å²) in [4.78, 5) is 16.7. The van der Waals surface area contributed by atoms with E-state index in [1.807, 2.05) is 6.08 Å². The second-order valence-corrected chi connectivity index (χ2v) is 3.18. The zero-order valence-electron chi connectivity index (χ0n) is 5.67. The first-order valence-electron chi connectivity index (χ1n) is 3.03. The topological polar surface area (TPSA) is 66.8 Å². The quantitative estimate of drug-likeness (QED) is 0.617. The van der Waals surface area contributed by atoms with Gasteiger partial charge in [-0.2, -0.15) is 0 Å². The van der Waals surface area contributed by atoms with Crippen LogP contribution >= 0.6 is 7.82 Å². The van der Waals surface area contributed by atoms with Crippen LogP contribution in [0, 0.1) is 6.42 Å². The van der Waals surface area contributed by atoms with Crippen molar-refractivity contribution in [2.24, 2.45) is 0 Å². The standard InChI is InChI=1S/C6H8O4P/c7-11(8,9)10-6-4-2-1-3-5-6/h1-2,4-5H,3H2,(H2,7,8,9). The summed E-state index contributed by atoms with van der Waals surface area (Å²) < 4.78 is 14.6. The molecule has 0 saturated heterocycles. The van der Waals surface area contributed by atoms with Crippen molar-refractivity contribution in [3.05, 3.63) is 30.4 Å². The third kappa shape index (κ3) is 3.37. The molecule has 0 spiro atoms. The zero-order valence-corrected chi connectivity index (χ0v) is 6.57. The fraction of sp³-hybridized carbons (Fsp3) is 0.167. The number of allylic oxidation sites excluding steroid dienone is 4. The van der Waals surface area contributed by atoms with Gasteiger partial charge in [0, 0.05) is 6.42 Å². The Labute approximate surface area is 64.4 Å². The minimum atomic E-state index is -4.37. The van der Waals surface area contributed by atoms with Crippen LogP contribution in [0.25, 0.3) is 0 Å². The largest absolute Gasteiger partial charge is 0.524 e. The maximum absolute atomic E-state index is 10.3. The molecule has 0 fully saturated rings. The maximum Gasteiger partial charge on any atom is 0.524 e. The van der Waals surface area contributed by atoms with Gasteiger partial charge in [-0.25, -0.2) is 4.57 Å². The third-order valence-corrected chi connectivity index (χ3v) is 1.52. The van der Waals surface area contributed by atoms with Crippen LogP contribution in [0.5, 0.6) is 0 Å². The number of hydrogen-bond donors (Lipinski definition) is 2. The molecular formula is C6H8O4P. The highest BCUT2D eigenvalue weighted by Crippen LogP contribution is 2.40. The van der Waals surface area contributed by atoms with Crippen molar-refractivity contribution in [3.63, 3.8) is 0 Å². The Bertz CT molecular complexity index is 237. The molecule has 1 aliphatic rings. The summed E-state index contributed by atoms with van der Waals surface area (Å²) in [6.07, 6.45) is 7.28. The molecule has 1 aliphatic carbocycles. The summed E-state index contributed by atoms with van der Waals surface area (Å²) in [5, 5.41) is 0. The first-order valence-corrected chi connectivity index (χ1v) is 4.56. The van der Waals surface area contributed by atoms with E-state index in [0.717, 1.165) is 0 Å². The summed E-state index contributed by atoms with van der Waals surface area (Å²) >= 11 is 0. The van der Waals surface area contributed by atoms with Gasteiger partial charge >= 0.3 is 7.82 Å². The number of hydrogen-bond acceptors (Lipinski definition) is 2. The average molecular weight is 175 g/mol. The molecule has 1 radical (unpaired) electrons. The lowest BCUT2D eigenvalue weighted by Crippen LogP contribution is -1.93. The van der Waals surface area contributed by atoms with Crippen molar-refractivity contribution in [1.29, 1.82) is 0 Å². The molecule has 11 heavy (non-hydrogen) atoms. The molecule has 1 rings (SSSR count). The van der Waals surface area contributed by atoms with Crippen LogP contribution in [0.2, 0.25) is 0 Å². The molecule has 0 atom stereocenters. The van der Waals surface area contributed by atoms with E-state index in [-0.39, 0.29) is 5.76 Å². The molecule has 0 heterocycles. The van der Waals surface area contributed by atoms with Crippen LogP contribution in [0.4, 0.5) is 0 Å². The van der Waals surface area contributed by atoms with Gasteiger partial charge in [0.2, 0.25) is 0 Å². The lowest BCUT2D eigenvalue weighted by molar-refractivity contribution is 0.244. The van der Waals surface area contributed by atoms with Crippen LogP contribution in [0.3, 0.4) is 0 Å². The van der Waals surface area contributed by atoms with Gasteiger partial charge in [0.05, 0.1) is 0 Å². The highest BCUT2D eigenvalue weighted by Gasteiger charge is 2.17. The van der Waals surface area contributed by atoms with E-state index in [1.165, 1.54) is 6.08 Å². The molecular weight excluding hydrogens is 167 g/mol. The molecule has 4 nitrogen and oxygen atoms in total. The van der Waals surface area contributed by atoms with Crippen LogP contribution in [-0.2, 0) is 9.09 Å². The molecule has 0 aromatic carbocycles. The molecule has 0 aliphatic heterocycles. The Kier molecular flexibility index (Phi) is 2.49. The Morgan fingerprint density at radius 1 is 1.55 bits per heavy atom. The van der Waals surface area contributed by atoms with Crippen molar-refractivity contribution >= 4 is 7.82 Å². The molecule has 5 heteroatoms. The monoisotopic (exact) mass is 175 g/mol. The summed E-state index contributed by atoms with van der Waals surface area (Å²) in [5.41, 5.74) is 0. The first kappa shape index (κ1) is 8.53. The Morgan fingerprint density at radius 2 is 2.27 bits per heavy atom. The van der Waals surface area contributed by atoms with Crippen LogP contribution < -0.4 is 0 Å². The Hall–Kier alpha value is -0.570. The predicted octanol–water partition coefficient (Wildman–Crippen LogP) is 1.14. The lowest BCUT2D eigenvalue weighted by Gasteiger charge is -2.10. The van der Waals surface area contributed by atoms with E-state index < -0.39 is 7.82 Å². The summed E-state index contributed by atoms with van der Waals surface area (Å²) in [6, 6.07) is 0. The Balaban J connectivity index is 2.56. The van der Waals surface area contributed by atoms with Gasteiger partial charge in [0.25, 0.3) is 0 Å². The van der Waals surface area contributed by atoms with Gasteiger partial charge in [0.15, 0.2) is 0 Å². The second kappa shape index (κ2) is 3.22. The van der Waals surface area contributed by atoms with Gasteiger partial charge in [-0.3, -0.25) is 9.79 Å². The van der Waals surface area contributed by atoms with Crippen molar-refractivity contribution in [2.45, 2.75) is 6.42 Å². The van der Waals surface area contributed by atoms with E-state index in [2.05, 4.69) is 4.52 Å². The van der Waals surface area contributed by atoms with E-state index in [0.29, 0.717) is 6.42 Å². The van der Waals surface area contributed by atoms with E-state index >= 15 is 0 Å². The van der Waals surface area contributed by atoms with Crippen molar-refractivity contribution in [2.75, 3.05) is 0 Å². The Morgan fingerprint density at radius 3 is 2.73 bits per heavy atom. The summed E-state index contributed by atoms with van der Waals surface area (Å²) in [6.45, 7) is 0. The van der Waals surface area contributed by atoms with E-state index in [9.17, 15) is 4.57 Å². The highest BCUT2D eigenvalue weighted by atomic mass is 31.2. The van der Waals surface area contributed by atoms with Crippen molar-refractivity contribution in [1.82, 2.24) is 0 Å². The summed E-state index contributed by atoms with van der Waals surface area (Å²) in [5.74, 6) is 0.223. The first-order chi connectivity index (χ1) is 5.08. The van der Waals surface area contributed by atoms with Gasteiger partial charge in [0.1, 0.15) is 5.76 Å². The fourth-order valence-corrected chi connectivity index (χ4v) is 1.11. The molecule has 61 valence electrons. The third-order valence-electron chi connectivity index (χ3n) is 1.08. The number of phosphoric ester groups is 1. The highest BCUT2D eigenvalue weighted by molar-refractivity contribution is 7.46. The smallest absolute Gasteiger partial charge is 0.408 e. The predicted molar refractivity (Wildman–Crippen MR) is 39.3 cm³/mol.